The van der Waals surface area contributed by atoms with Crippen LogP contribution in [0.1, 0.15) is 37.8 Å². The molecule has 1 fully saturated rings. The van der Waals surface area contributed by atoms with Gasteiger partial charge in [0.25, 0.3) is 0 Å². The van der Waals surface area contributed by atoms with E-state index < -0.39 is 0 Å². The van der Waals surface area contributed by atoms with Crippen LogP contribution < -0.4 is 0 Å². The van der Waals surface area contributed by atoms with E-state index >= 15 is 0 Å². The molecule has 19 heavy (non-hydrogen) atoms. The SMILES string of the molecule is CCN1CCCC(Cc2nc3n(n2)CC(O)CC3)C1. The number of aryl methyl sites for hydroxylation is 1. The highest BCUT2D eigenvalue weighted by molar-refractivity contribution is 4.98. The van der Waals surface area contributed by atoms with E-state index in [1.54, 1.807) is 0 Å². The van der Waals surface area contributed by atoms with Crippen molar-refractivity contribution in [3.63, 3.8) is 0 Å². The molecule has 2 aliphatic rings. The number of fused-ring (bicyclic) bond motifs is 1. The molecule has 0 bridgehead atoms. The highest BCUT2D eigenvalue weighted by Gasteiger charge is 2.23. The van der Waals surface area contributed by atoms with Crippen molar-refractivity contribution in [1.82, 2.24) is 19.7 Å². The van der Waals surface area contributed by atoms with Gasteiger partial charge in [-0.2, -0.15) is 5.10 Å². The van der Waals surface area contributed by atoms with Crippen LogP contribution in [0.25, 0.3) is 0 Å². The first-order chi connectivity index (χ1) is 9.24. The molecule has 106 valence electrons. The molecule has 1 aromatic heterocycles. The quantitative estimate of drug-likeness (QED) is 0.880. The van der Waals surface area contributed by atoms with Crippen molar-refractivity contribution in [3.05, 3.63) is 11.6 Å². The summed E-state index contributed by atoms with van der Waals surface area (Å²) >= 11 is 0. The van der Waals surface area contributed by atoms with E-state index in [0.717, 1.165) is 37.5 Å². The summed E-state index contributed by atoms with van der Waals surface area (Å²) in [4.78, 5) is 7.17. The normalized spacial score (nSPS) is 28.3. The van der Waals surface area contributed by atoms with Crippen LogP contribution in [-0.2, 0) is 19.4 Å². The van der Waals surface area contributed by atoms with Gasteiger partial charge in [0.2, 0.25) is 0 Å². The molecule has 0 amide bonds. The summed E-state index contributed by atoms with van der Waals surface area (Å²) in [5.41, 5.74) is 0. The van der Waals surface area contributed by atoms with Crippen molar-refractivity contribution < 1.29 is 5.11 Å². The summed E-state index contributed by atoms with van der Waals surface area (Å²) in [5, 5.41) is 14.2. The molecule has 0 aromatic carbocycles. The number of piperidine rings is 1. The highest BCUT2D eigenvalue weighted by atomic mass is 16.3. The molecule has 1 N–H and O–H groups in total. The van der Waals surface area contributed by atoms with Crippen LogP contribution in [0.5, 0.6) is 0 Å². The number of rotatable bonds is 3. The molecular formula is C14H24N4O. The number of aromatic nitrogens is 3. The van der Waals surface area contributed by atoms with E-state index in [1.165, 1.54) is 25.9 Å². The summed E-state index contributed by atoms with van der Waals surface area (Å²) in [7, 11) is 0. The summed E-state index contributed by atoms with van der Waals surface area (Å²) in [6.45, 7) is 6.43. The third-order valence-electron chi connectivity index (χ3n) is 4.40. The monoisotopic (exact) mass is 264 g/mol. The van der Waals surface area contributed by atoms with Crippen LogP contribution in [0.3, 0.4) is 0 Å². The van der Waals surface area contributed by atoms with Gasteiger partial charge >= 0.3 is 0 Å². The van der Waals surface area contributed by atoms with E-state index in [4.69, 9.17) is 0 Å². The highest BCUT2D eigenvalue weighted by Crippen LogP contribution is 2.20. The maximum absolute atomic E-state index is 9.66. The molecule has 1 saturated heterocycles. The van der Waals surface area contributed by atoms with Crippen molar-refractivity contribution in [2.24, 2.45) is 5.92 Å². The molecule has 2 aliphatic heterocycles. The van der Waals surface area contributed by atoms with Crippen molar-refractivity contribution in [3.8, 4) is 0 Å². The molecule has 3 heterocycles. The van der Waals surface area contributed by atoms with Crippen LogP contribution in [0.2, 0.25) is 0 Å². The van der Waals surface area contributed by atoms with Gasteiger partial charge in [0, 0.05) is 19.4 Å². The molecule has 3 rings (SSSR count). The summed E-state index contributed by atoms with van der Waals surface area (Å²) < 4.78 is 1.91. The first-order valence-electron chi connectivity index (χ1n) is 7.57. The second-order valence-corrected chi connectivity index (χ2v) is 5.92. The Morgan fingerprint density at radius 3 is 3.05 bits per heavy atom. The molecule has 0 saturated carbocycles. The number of hydrogen-bond acceptors (Lipinski definition) is 4. The summed E-state index contributed by atoms with van der Waals surface area (Å²) in [5.74, 6) is 2.73. The van der Waals surface area contributed by atoms with Gasteiger partial charge in [0.05, 0.1) is 12.6 Å². The minimum absolute atomic E-state index is 0.243. The van der Waals surface area contributed by atoms with Crippen molar-refractivity contribution in [2.75, 3.05) is 19.6 Å². The number of nitrogens with zero attached hydrogens (tertiary/aromatic N) is 4. The second-order valence-electron chi connectivity index (χ2n) is 5.92. The van der Waals surface area contributed by atoms with E-state index in [9.17, 15) is 5.11 Å². The maximum atomic E-state index is 9.66. The lowest BCUT2D eigenvalue weighted by molar-refractivity contribution is 0.124. The minimum Gasteiger partial charge on any atom is -0.391 e. The second kappa shape index (κ2) is 5.59. The van der Waals surface area contributed by atoms with Gasteiger partial charge in [-0.1, -0.05) is 6.92 Å². The van der Waals surface area contributed by atoms with Crippen molar-refractivity contribution in [1.29, 1.82) is 0 Å². The third kappa shape index (κ3) is 2.98. The molecule has 0 spiro atoms. The zero-order valence-corrected chi connectivity index (χ0v) is 11.8. The average Bonchev–Trinajstić information content (AvgIpc) is 2.80. The molecular weight excluding hydrogens is 240 g/mol. The van der Waals surface area contributed by atoms with Gasteiger partial charge in [-0.3, -0.25) is 0 Å². The Morgan fingerprint density at radius 1 is 1.32 bits per heavy atom. The Morgan fingerprint density at radius 2 is 2.21 bits per heavy atom. The van der Waals surface area contributed by atoms with Crippen LogP contribution in [0.15, 0.2) is 0 Å². The first kappa shape index (κ1) is 13.1. The van der Waals surface area contributed by atoms with Crippen LogP contribution in [0, 0.1) is 5.92 Å². The zero-order chi connectivity index (χ0) is 13.2. The Bertz CT molecular complexity index is 431. The van der Waals surface area contributed by atoms with E-state index in [1.807, 2.05) is 4.68 Å². The Balaban J connectivity index is 1.64. The predicted octanol–water partition coefficient (Wildman–Crippen LogP) is 0.860. The summed E-state index contributed by atoms with van der Waals surface area (Å²) in [6.07, 6.45) is 5.03. The predicted molar refractivity (Wildman–Crippen MR) is 72.9 cm³/mol. The molecule has 2 atom stereocenters. The Labute approximate surface area is 114 Å². The lowest BCUT2D eigenvalue weighted by atomic mass is 9.94. The Kier molecular flexibility index (Phi) is 3.84. The van der Waals surface area contributed by atoms with Gasteiger partial charge in [-0.15, -0.1) is 0 Å². The lowest BCUT2D eigenvalue weighted by Crippen LogP contribution is -2.36. The van der Waals surface area contributed by atoms with Gasteiger partial charge < -0.3 is 10.0 Å². The largest absolute Gasteiger partial charge is 0.391 e. The number of hydrogen-bond donors (Lipinski definition) is 1. The fraction of sp³-hybridized carbons (Fsp3) is 0.857. The number of aliphatic hydroxyl groups excluding tert-OH is 1. The van der Waals surface area contributed by atoms with Gasteiger partial charge in [0.1, 0.15) is 5.82 Å². The Hall–Kier alpha value is -0.940. The maximum Gasteiger partial charge on any atom is 0.151 e. The molecule has 0 radical (unpaired) electrons. The average molecular weight is 264 g/mol. The van der Waals surface area contributed by atoms with Crippen molar-refractivity contribution >= 4 is 0 Å². The lowest BCUT2D eigenvalue weighted by Gasteiger charge is -2.31. The van der Waals surface area contributed by atoms with E-state index in [0.29, 0.717) is 12.5 Å². The third-order valence-corrected chi connectivity index (χ3v) is 4.40. The molecule has 1 aromatic rings. The van der Waals surface area contributed by atoms with E-state index in [-0.39, 0.29) is 6.10 Å². The van der Waals surface area contributed by atoms with Gasteiger partial charge in [-0.05, 0) is 38.3 Å². The zero-order valence-electron chi connectivity index (χ0n) is 11.8. The number of likely N-dealkylation sites (tertiary alicyclic amines) is 1. The smallest absolute Gasteiger partial charge is 0.151 e. The van der Waals surface area contributed by atoms with E-state index in [2.05, 4.69) is 21.9 Å². The standard InChI is InChI=1S/C14H24N4O/c1-2-17-7-3-4-11(9-17)8-13-15-14-6-5-12(19)10-18(14)16-13/h11-12,19H,2-10H2,1H3. The van der Waals surface area contributed by atoms with Crippen LogP contribution in [0.4, 0.5) is 0 Å². The fourth-order valence-electron chi connectivity index (χ4n) is 3.29. The topological polar surface area (TPSA) is 54.2 Å². The van der Waals surface area contributed by atoms with Crippen LogP contribution in [-0.4, -0.2) is 50.5 Å². The molecule has 5 nitrogen and oxygen atoms in total. The molecule has 0 aliphatic carbocycles. The fourth-order valence-corrected chi connectivity index (χ4v) is 3.29. The summed E-state index contributed by atoms with van der Waals surface area (Å²) in [6, 6.07) is 0. The van der Waals surface area contributed by atoms with Crippen LogP contribution >= 0.6 is 0 Å². The van der Waals surface area contributed by atoms with Crippen molar-refractivity contribution in [2.45, 2.75) is 51.7 Å². The number of aliphatic hydroxyl groups is 1. The van der Waals surface area contributed by atoms with Gasteiger partial charge in [0.15, 0.2) is 5.82 Å². The minimum atomic E-state index is -0.243. The molecule has 2 unspecified atom stereocenters. The molecule has 5 heteroatoms. The van der Waals surface area contributed by atoms with Gasteiger partial charge in [-0.25, -0.2) is 9.67 Å². The first-order valence-corrected chi connectivity index (χ1v) is 7.57.